The van der Waals surface area contributed by atoms with Crippen LogP contribution in [0.4, 0.5) is 5.82 Å². The topological polar surface area (TPSA) is 73.9 Å². The van der Waals surface area contributed by atoms with Gasteiger partial charge < -0.3 is 10.5 Å². The molecule has 2 heterocycles. The highest BCUT2D eigenvalue weighted by atomic mass is 16.5. The second-order valence-electron chi connectivity index (χ2n) is 4.80. The second-order valence-corrected chi connectivity index (χ2v) is 4.80. The maximum Gasteiger partial charge on any atom is 0.156 e. The van der Waals surface area contributed by atoms with Crippen molar-refractivity contribution in [1.29, 1.82) is 0 Å². The van der Waals surface area contributed by atoms with Crippen LogP contribution in [0.1, 0.15) is 17.1 Å². The van der Waals surface area contributed by atoms with Gasteiger partial charge in [-0.2, -0.15) is 0 Å². The molecule has 2 aromatic heterocycles. The SMILES string of the molecule is COCc1nc(N)cc(Cc2ccnc3ccccc23)n1. The highest BCUT2D eigenvalue weighted by molar-refractivity contribution is 5.82. The largest absolute Gasteiger partial charge is 0.384 e. The Morgan fingerprint density at radius 3 is 2.86 bits per heavy atom. The number of benzene rings is 1. The smallest absolute Gasteiger partial charge is 0.156 e. The molecule has 5 nitrogen and oxygen atoms in total. The average Bonchev–Trinajstić information content (AvgIpc) is 2.47. The van der Waals surface area contributed by atoms with Gasteiger partial charge in [0.1, 0.15) is 12.4 Å². The van der Waals surface area contributed by atoms with Crippen LogP contribution in [0.5, 0.6) is 0 Å². The molecule has 0 aliphatic heterocycles. The molecule has 0 saturated heterocycles. The van der Waals surface area contributed by atoms with Gasteiger partial charge in [-0.15, -0.1) is 0 Å². The lowest BCUT2D eigenvalue weighted by atomic mass is 10.0. The molecule has 0 saturated carbocycles. The summed E-state index contributed by atoms with van der Waals surface area (Å²) in [7, 11) is 1.61. The third-order valence-electron chi connectivity index (χ3n) is 3.23. The van der Waals surface area contributed by atoms with Crippen molar-refractivity contribution in [1.82, 2.24) is 15.0 Å². The van der Waals surface area contributed by atoms with Crippen LogP contribution in [-0.2, 0) is 17.8 Å². The maximum absolute atomic E-state index is 5.84. The van der Waals surface area contributed by atoms with Crippen LogP contribution in [0.2, 0.25) is 0 Å². The third kappa shape index (κ3) is 2.98. The maximum atomic E-state index is 5.84. The van der Waals surface area contributed by atoms with E-state index in [1.165, 1.54) is 5.56 Å². The number of anilines is 1. The number of aromatic nitrogens is 3. The number of para-hydroxylation sites is 1. The number of fused-ring (bicyclic) bond motifs is 1. The second kappa shape index (κ2) is 5.85. The van der Waals surface area contributed by atoms with Gasteiger partial charge in [0.25, 0.3) is 0 Å². The molecule has 0 spiro atoms. The number of pyridine rings is 1. The van der Waals surface area contributed by atoms with Crippen LogP contribution >= 0.6 is 0 Å². The fraction of sp³-hybridized carbons (Fsp3) is 0.188. The van der Waals surface area contributed by atoms with E-state index in [0.29, 0.717) is 24.7 Å². The Hall–Kier alpha value is -2.53. The Balaban J connectivity index is 1.98. The van der Waals surface area contributed by atoms with Gasteiger partial charge in [0.2, 0.25) is 0 Å². The summed E-state index contributed by atoms with van der Waals surface area (Å²) in [5.41, 5.74) is 8.87. The molecule has 0 fully saturated rings. The number of hydrogen-bond donors (Lipinski definition) is 1. The fourth-order valence-corrected chi connectivity index (χ4v) is 2.36. The molecule has 0 amide bonds. The van der Waals surface area contributed by atoms with Crippen LogP contribution in [0.3, 0.4) is 0 Å². The van der Waals surface area contributed by atoms with Crippen LogP contribution < -0.4 is 5.73 Å². The van der Waals surface area contributed by atoms with Crippen molar-refractivity contribution in [3.8, 4) is 0 Å². The molecule has 0 aliphatic carbocycles. The van der Waals surface area contributed by atoms with Crippen LogP contribution in [-0.4, -0.2) is 22.1 Å². The van der Waals surface area contributed by atoms with E-state index in [2.05, 4.69) is 21.0 Å². The summed E-state index contributed by atoms with van der Waals surface area (Å²) < 4.78 is 5.07. The summed E-state index contributed by atoms with van der Waals surface area (Å²) in [6.45, 7) is 0.356. The van der Waals surface area contributed by atoms with E-state index in [-0.39, 0.29) is 0 Å². The highest BCUT2D eigenvalue weighted by Gasteiger charge is 2.07. The minimum absolute atomic E-state index is 0.356. The van der Waals surface area contributed by atoms with E-state index in [1.54, 1.807) is 13.2 Å². The quantitative estimate of drug-likeness (QED) is 0.794. The summed E-state index contributed by atoms with van der Waals surface area (Å²) in [4.78, 5) is 13.0. The number of nitrogens with zero attached hydrogens (tertiary/aromatic N) is 3. The van der Waals surface area contributed by atoms with Crippen molar-refractivity contribution in [2.75, 3.05) is 12.8 Å². The van der Waals surface area contributed by atoms with E-state index in [4.69, 9.17) is 10.5 Å². The molecule has 0 bridgehead atoms. The fourth-order valence-electron chi connectivity index (χ4n) is 2.36. The van der Waals surface area contributed by atoms with Crippen molar-refractivity contribution in [2.24, 2.45) is 0 Å². The lowest BCUT2D eigenvalue weighted by Gasteiger charge is -2.08. The Kier molecular flexibility index (Phi) is 3.75. The van der Waals surface area contributed by atoms with Crippen molar-refractivity contribution < 1.29 is 4.74 Å². The minimum Gasteiger partial charge on any atom is -0.384 e. The zero-order valence-electron chi connectivity index (χ0n) is 11.8. The number of ether oxygens (including phenoxy) is 1. The molecule has 106 valence electrons. The van der Waals surface area contributed by atoms with Crippen LogP contribution in [0.15, 0.2) is 42.6 Å². The van der Waals surface area contributed by atoms with Gasteiger partial charge in [-0.3, -0.25) is 4.98 Å². The average molecular weight is 280 g/mol. The van der Waals surface area contributed by atoms with Gasteiger partial charge in [-0.1, -0.05) is 18.2 Å². The van der Waals surface area contributed by atoms with Crippen LogP contribution in [0, 0.1) is 0 Å². The minimum atomic E-state index is 0.356. The first-order valence-electron chi connectivity index (χ1n) is 6.70. The standard InChI is InChI=1S/C16H16N4O/c1-21-10-16-19-12(9-15(17)20-16)8-11-6-7-18-14-5-3-2-4-13(11)14/h2-7,9H,8,10H2,1H3,(H2,17,19,20). The number of hydrogen-bond acceptors (Lipinski definition) is 5. The molecule has 3 aromatic rings. The zero-order chi connectivity index (χ0) is 14.7. The molecule has 0 aliphatic rings. The highest BCUT2D eigenvalue weighted by Crippen LogP contribution is 2.19. The first-order valence-corrected chi connectivity index (χ1v) is 6.70. The summed E-state index contributed by atoms with van der Waals surface area (Å²) >= 11 is 0. The van der Waals surface area contributed by atoms with Crippen LogP contribution in [0.25, 0.3) is 10.9 Å². The molecule has 0 unspecified atom stereocenters. The molecule has 21 heavy (non-hydrogen) atoms. The summed E-state index contributed by atoms with van der Waals surface area (Å²) in [6.07, 6.45) is 2.50. The molecule has 0 atom stereocenters. The van der Waals surface area contributed by atoms with E-state index in [9.17, 15) is 0 Å². The van der Waals surface area contributed by atoms with Gasteiger partial charge in [-0.05, 0) is 17.7 Å². The predicted molar refractivity (Wildman–Crippen MR) is 81.7 cm³/mol. The lowest BCUT2D eigenvalue weighted by Crippen LogP contribution is -2.05. The molecular formula is C16H16N4O. The summed E-state index contributed by atoms with van der Waals surface area (Å²) in [5.74, 6) is 1.07. The van der Waals surface area contributed by atoms with E-state index >= 15 is 0 Å². The van der Waals surface area contributed by atoms with E-state index in [1.807, 2.05) is 30.5 Å². The Morgan fingerprint density at radius 2 is 2.00 bits per heavy atom. The Morgan fingerprint density at radius 1 is 1.14 bits per heavy atom. The first kappa shape index (κ1) is 13.5. The number of methoxy groups -OCH3 is 1. The molecule has 1 aromatic carbocycles. The van der Waals surface area contributed by atoms with E-state index < -0.39 is 0 Å². The Labute approximate surface area is 122 Å². The van der Waals surface area contributed by atoms with Crippen molar-refractivity contribution in [3.05, 3.63) is 59.7 Å². The van der Waals surface area contributed by atoms with Gasteiger partial charge in [0.15, 0.2) is 5.82 Å². The van der Waals surface area contributed by atoms with Gasteiger partial charge in [-0.25, -0.2) is 9.97 Å². The van der Waals surface area contributed by atoms with Gasteiger partial charge in [0.05, 0.1) is 11.2 Å². The van der Waals surface area contributed by atoms with Gasteiger partial charge in [0, 0.05) is 31.2 Å². The third-order valence-corrected chi connectivity index (χ3v) is 3.23. The van der Waals surface area contributed by atoms with Crippen molar-refractivity contribution in [2.45, 2.75) is 13.0 Å². The summed E-state index contributed by atoms with van der Waals surface area (Å²) in [5, 5.41) is 1.13. The number of nitrogen functional groups attached to an aromatic ring is 1. The van der Waals surface area contributed by atoms with Crippen molar-refractivity contribution >= 4 is 16.7 Å². The number of rotatable bonds is 4. The normalized spacial score (nSPS) is 10.9. The van der Waals surface area contributed by atoms with Crippen molar-refractivity contribution in [3.63, 3.8) is 0 Å². The molecule has 5 heteroatoms. The lowest BCUT2D eigenvalue weighted by molar-refractivity contribution is 0.177. The van der Waals surface area contributed by atoms with Gasteiger partial charge >= 0.3 is 0 Å². The molecule has 2 N–H and O–H groups in total. The molecule has 0 radical (unpaired) electrons. The molecule has 3 rings (SSSR count). The predicted octanol–water partition coefficient (Wildman–Crippen LogP) is 2.34. The first-order chi connectivity index (χ1) is 10.3. The monoisotopic (exact) mass is 280 g/mol. The summed E-state index contributed by atoms with van der Waals surface area (Å²) in [6, 6.07) is 11.9. The molecular weight excluding hydrogens is 264 g/mol. The van der Waals surface area contributed by atoms with E-state index in [0.717, 1.165) is 16.6 Å². The Bertz CT molecular complexity index is 768. The number of nitrogens with two attached hydrogens (primary N) is 1. The zero-order valence-corrected chi connectivity index (χ0v) is 11.8.